The van der Waals surface area contributed by atoms with Crippen molar-refractivity contribution in [3.63, 3.8) is 0 Å². The Labute approximate surface area is 135 Å². The van der Waals surface area contributed by atoms with Crippen molar-refractivity contribution >= 4 is 5.91 Å². The second-order valence-corrected chi connectivity index (χ2v) is 5.06. The molecule has 4 N–H and O–H groups in total. The van der Waals surface area contributed by atoms with Crippen molar-refractivity contribution in [2.24, 2.45) is 5.92 Å². The number of carbonyl (C=O) groups excluding carboxylic acids is 1. The second-order valence-electron chi connectivity index (χ2n) is 5.06. The summed E-state index contributed by atoms with van der Waals surface area (Å²) in [4.78, 5) is 10.7. The maximum Gasteiger partial charge on any atom is 0.267 e. The van der Waals surface area contributed by atoms with E-state index in [1.54, 1.807) is 30.3 Å². The fourth-order valence-corrected chi connectivity index (χ4v) is 1.93. The van der Waals surface area contributed by atoms with Crippen LogP contribution in [0.1, 0.15) is 25.0 Å². The summed E-state index contributed by atoms with van der Waals surface area (Å²) < 4.78 is 5.27. The van der Waals surface area contributed by atoms with Crippen LogP contribution in [0.15, 0.2) is 48.6 Å². The highest BCUT2D eigenvalue weighted by Crippen LogP contribution is 2.26. The van der Waals surface area contributed by atoms with Crippen molar-refractivity contribution in [3.05, 3.63) is 54.1 Å². The fourth-order valence-electron chi connectivity index (χ4n) is 1.93. The average Bonchev–Trinajstić information content (AvgIpc) is 2.58. The molecule has 0 aliphatic heterocycles. The lowest BCUT2D eigenvalue weighted by Crippen LogP contribution is -2.14. The third-order valence-electron chi connectivity index (χ3n) is 3.23. The molecule has 1 aromatic carbocycles. The van der Waals surface area contributed by atoms with Gasteiger partial charge in [-0.15, -0.1) is 0 Å². The summed E-state index contributed by atoms with van der Waals surface area (Å²) in [6.07, 6.45) is 6.25. The molecular weight excluding hydrogens is 298 g/mol. The van der Waals surface area contributed by atoms with Gasteiger partial charge in [-0.1, -0.05) is 37.3 Å². The van der Waals surface area contributed by atoms with Crippen molar-refractivity contribution < 1.29 is 25.0 Å². The third-order valence-corrected chi connectivity index (χ3v) is 3.23. The summed E-state index contributed by atoms with van der Waals surface area (Å²) in [6.45, 7) is 2.13. The Morgan fingerprint density at radius 1 is 1.30 bits per heavy atom. The number of aliphatic hydroxyl groups excluding tert-OH is 2. The average molecular weight is 321 g/mol. The van der Waals surface area contributed by atoms with Crippen LogP contribution in [-0.4, -0.2) is 34.5 Å². The number of hydrogen-bond donors (Lipinski definition) is 4. The van der Waals surface area contributed by atoms with Gasteiger partial charge in [0.2, 0.25) is 0 Å². The van der Waals surface area contributed by atoms with Gasteiger partial charge in [0.15, 0.2) is 0 Å². The quantitative estimate of drug-likeness (QED) is 0.240. The van der Waals surface area contributed by atoms with Gasteiger partial charge in [0.1, 0.15) is 12.4 Å². The second kappa shape index (κ2) is 10.6. The first-order valence-electron chi connectivity index (χ1n) is 7.37. The molecule has 1 rings (SSSR count). The molecule has 6 nitrogen and oxygen atoms in total. The molecule has 0 fully saturated rings. The molecule has 1 amide bonds. The van der Waals surface area contributed by atoms with E-state index in [2.05, 4.69) is 0 Å². The van der Waals surface area contributed by atoms with Crippen LogP contribution in [0, 0.1) is 5.92 Å². The van der Waals surface area contributed by atoms with Crippen LogP contribution in [0.25, 0.3) is 0 Å². The lowest BCUT2D eigenvalue weighted by molar-refractivity contribution is -0.124. The predicted molar refractivity (Wildman–Crippen MR) is 86.0 cm³/mol. The number of aliphatic hydroxyl groups is 2. The van der Waals surface area contributed by atoms with Gasteiger partial charge in [-0.2, -0.15) is 0 Å². The standard InChI is InChI=1S/C17H23NO5/c1-13(5-3-2-4-6-16(20)18-22)17(21)14-7-9-15(10-8-14)23-12-11-19/h2-4,6-10,13,17,19,21-22H,5,11-12H2,1H3,(H,18,20)/b3-2+,6-4+/t13-,17+/m1/s1. The van der Waals surface area contributed by atoms with Gasteiger partial charge < -0.3 is 14.9 Å². The molecule has 0 spiro atoms. The van der Waals surface area contributed by atoms with Crippen LogP contribution < -0.4 is 10.2 Å². The van der Waals surface area contributed by atoms with E-state index < -0.39 is 12.0 Å². The van der Waals surface area contributed by atoms with Crippen molar-refractivity contribution in [1.82, 2.24) is 5.48 Å². The maximum absolute atomic E-state index is 10.7. The van der Waals surface area contributed by atoms with Gasteiger partial charge in [-0.3, -0.25) is 10.0 Å². The summed E-state index contributed by atoms with van der Waals surface area (Å²) in [6, 6.07) is 7.10. The fraction of sp³-hybridized carbons (Fsp3) is 0.353. The molecule has 6 heteroatoms. The molecule has 0 saturated heterocycles. The lowest BCUT2D eigenvalue weighted by Gasteiger charge is -2.18. The van der Waals surface area contributed by atoms with Gasteiger partial charge >= 0.3 is 0 Å². The highest BCUT2D eigenvalue weighted by Gasteiger charge is 2.15. The van der Waals surface area contributed by atoms with Crippen molar-refractivity contribution in [3.8, 4) is 5.75 Å². The zero-order chi connectivity index (χ0) is 17.1. The summed E-state index contributed by atoms with van der Waals surface area (Å²) in [5.41, 5.74) is 2.29. The smallest absolute Gasteiger partial charge is 0.267 e. The van der Waals surface area contributed by atoms with E-state index in [1.165, 1.54) is 17.6 Å². The van der Waals surface area contributed by atoms with Crippen molar-refractivity contribution in [2.45, 2.75) is 19.4 Å². The zero-order valence-corrected chi connectivity index (χ0v) is 13.1. The lowest BCUT2D eigenvalue weighted by atomic mass is 9.94. The minimum atomic E-state index is -0.615. The van der Waals surface area contributed by atoms with E-state index in [0.29, 0.717) is 12.2 Å². The molecule has 2 atom stereocenters. The molecule has 0 radical (unpaired) electrons. The number of benzene rings is 1. The van der Waals surface area contributed by atoms with Gasteiger partial charge in [0, 0.05) is 6.08 Å². The van der Waals surface area contributed by atoms with Crippen LogP contribution in [0.2, 0.25) is 0 Å². The zero-order valence-electron chi connectivity index (χ0n) is 13.1. The number of nitrogens with one attached hydrogen (secondary N) is 1. The maximum atomic E-state index is 10.7. The highest BCUT2D eigenvalue weighted by atomic mass is 16.5. The number of hydrogen-bond acceptors (Lipinski definition) is 5. The molecule has 23 heavy (non-hydrogen) atoms. The Bertz CT molecular complexity index is 524. The minimum absolute atomic E-state index is 0.00414. The minimum Gasteiger partial charge on any atom is -0.491 e. The Kier molecular flexibility index (Phi) is 8.67. The number of amides is 1. The Morgan fingerprint density at radius 2 is 2.00 bits per heavy atom. The molecule has 126 valence electrons. The monoisotopic (exact) mass is 321 g/mol. The highest BCUT2D eigenvalue weighted by molar-refractivity contribution is 5.86. The summed E-state index contributed by atoms with van der Waals surface area (Å²) in [5.74, 6) is 0.0524. The number of hydroxylamine groups is 1. The van der Waals surface area contributed by atoms with E-state index >= 15 is 0 Å². The van der Waals surface area contributed by atoms with Crippen LogP contribution in [0.5, 0.6) is 5.75 Å². The van der Waals surface area contributed by atoms with Crippen LogP contribution in [0.4, 0.5) is 0 Å². The topological polar surface area (TPSA) is 99.0 Å². The van der Waals surface area contributed by atoms with E-state index in [0.717, 1.165) is 5.56 Å². The normalized spacial score (nSPS) is 14.1. The molecular formula is C17H23NO5. The van der Waals surface area contributed by atoms with Crippen LogP contribution >= 0.6 is 0 Å². The molecule has 0 unspecified atom stereocenters. The van der Waals surface area contributed by atoms with E-state index in [1.807, 2.05) is 13.0 Å². The van der Waals surface area contributed by atoms with Crippen LogP contribution in [0.3, 0.4) is 0 Å². The predicted octanol–water partition coefficient (Wildman–Crippen LogP) is 1.74. The van der Waals surface area contributed by atoms with E-state index in [-0.39, 0.29) is 19.1 Å². The van der Waals surface area contributed by atoms with Crippen molar-refractivity contribution in [2.75, 3.05) is 13.2 Å². The number of ether oxygens (including phenoxy) is 1. The van der Waals surface area contributed by atoms with Gasteiger partial charge in [-0.05, 0) is 30.0 Å². The first-order chi connectivity index (χ1) is 11.1. The summed E-state index contributed by atoms with van der Waals surface area (Å²) >= 11 is 0. The first kappa shape index (κ1) is 18.9. The first-order valence-corrected chi connectivity index (χ1v) is 7.37. The number of carbonyl (C=O) groups is 1. The molecule has 0 aliphatic rings. The molecule has 0 heterocycles. The molecule has 0 bridgehead atoms. The van der Waals surface area contributed by atoms with Gasteiger partial charge in [0.05, 0.1) is 12.7 Å². The number of rotatable bonds is 9. The Hall–Kier alpha value is -2.15. The third kappa shape index (κ3) is 7.10. The van der Waals surface area contributed by atoms with Gasteiger partial charge in [-0.25, -0.2) is 5.48 Å². The van der Waals surface area contributed by atoms with E-state index in [4.69, 9.17) is 15.1 Å². The Morgan fingerprint density at radius 3 is 2.61 bits per heavy atom. The number of allylic oxidation sites excluding steroid dienone is 3. The SMILES string of the molecule is C[C@H](C/C=C/C=C/C(=O)NO)[C@H](O)c1ccc(OCCO)cc1. The van der Waals surface area contributed by atoms with Crippen LogP contribution in [-0.2, 0) is 4.79 Å². The van der Waals surface area contributed by atoms with Gasteiger partial charge in [0.25, 0.3) is 5.91 Å². The molecule has 0 aromatic heterocycles. The largest absolute Gasteiger partial charge is 0.491 e. The summed E-state index contributed by atoms with van der Waals surface area (Å²) in [5, 5.41) is 27.3. The molecule has 1 aromatic rings. The van der Waals surface area contributed by atoms with Crippen molar-refractivity contribution in [1.29, 1.82) is 0 Å². The Balaban J connectivity index is 2.49. The molecule has 0 saturated carbocycles. The summed E-state index contributed by atoms with van der Waals surface area (Å²) in [7, 11) is 0. The molecule has 0 aliphatic carbocycles. The van der Waals surface area contributed by atoms with E-state index in [9.17, 15) is 9.90 Å².